The summed E-state index contributed by atoms with van der Waals surface area (Å²) in [4.78, 5) is 5.01. The summed E-state index contributed by atoms with van der Waals surface area (Å²) >= 11 is 0. The Bertz CT molecular complexity index is 287. The highest BCUT2D eigenvalue weighted by atomic mass is 16.8. The molecule has 76 valence electrons. The first kappa shape index (κ1) is 10.5. The summed E-state index contributed by atoms with van der Waals surface area (Å²) in [6.45, 7) is 2.34. The number of rotatable bonds is 5. The highest BCUT2D eigenvalue weighted by molar-refractivity contribution is 5.27. The largest absolute Gasteiger partial charge is 0.592 e. The highest BCUT2D eigenvalue weighted by Gasteiger charge is 2.00. The van der Waals surface area contributed by atoms with Crippen LogP contribution in [0.25, 0.3) is 0 Å². The maximum absolute atomic E-state index is 11.2. The van der Waals surface area contributed by atoms with E-state index in [2.05, 4.69) is 10.1 Å². The van der Waals surface area contributed by atoms with Gasteiger partial charge in [-0.2, -0.15) is 0 Å². The second kappa shape index (κ2) is 5.93. The molecule has 0 spiro atoms. The number of hydrogen-bond acceptors (Lipinski definition) is 4. The highest BCUT2D eigenvalue weighted by Crippen LogP contribution is 2.09. The molecule has 0 aliphatic carbocycles. The summed E-state index contributed by atoms with van der Waals surface area (Å²) in [5.74, 6) is 0. The van der Waals surface area contributed by atoms with Crippen LogP contribution in [0.2, 0.25) is 0 Å². The Balaban J connectivity index is 2.44. The van der Waals surface area contributed by atoms with Crippen molar-refractivity contribution in [3.8, 4) is 0 Å². The smallest absolute Gasteiger partial charge is 0.248 e. The zero-order valence-corrected chi connectivity index (χ0v) is 7.92. The maximum atomic E-state index is 11.2. The SMILES string of the molecule is CCOCO/N=[N+](/[O-])c1ccccc1. The maximum Gasteiger partial charge on any atom is 0.248 e. The lowest BCUT2D eigenvalue weighted by Gasteiger charge is -1.99. The van der Waals surface area contributed by atoms with E-state index in [-0.39, 0.29) is 6.79 Å². The molecule has 0 atom stereocenters. The molecule has 14 heavy (non-hydrogen) atoms. The van der Waals surface area contributed by atoms with Gasteiger partial charge in [0, 0.05) is 18.7 Å². The van der Waals surface area contributed by atoms with Crippen LogP contribution in [0.3, 0.4) is 0 Å². The number of nitrogens with zero attached hydrogens (tertiary/aromatic N) is 2. The van der Waals surface area contributed by atoms with E-state index in [4.69, 9.17) is 4.74 Å². The number of hydrogen-bond donors (Lipinski definition) is 0. The van der Waals surface area contributed by atoms with Gasteiger partial charge >= 0.3 is 0 Å². The molecule has 0 aliphatic heterocycles. The molecule has 0 bridgehead atoms. The lowest BCUT2D eigenvalue weighted by molar-refractivity contribution is -0.482. The van der Waals surface area contributed by atoms with Crippen molar-refractivity contribution in [3.05, 3.63) is 35.5 Å². The van der Waals surface area contributed by atoms with Crippen molar-refractivity contribution >= 4 is 5.69 Å². The quantitative estimate of drug-likeness (QED) is 0.238. The summed E-state index contributed by atoms with van der Waals surface area (Å²) in [6.07, 6.45) is 0. The molecule has 1 aromatic carbocycles. The molecule has 0 unspecified atom stereocenters. The average Bonchev–Trinajstić information content (AvgIpc) is 2.25. The van der Waals surface area contributed by atoms with Crippen LogP contribution in [0.15, 0.2) is 35.6 Å². The van der Waals surface area contributed by atoms with Crippen LogP contribution in [-0.2, 0) is 9.57 Å². The molecule has 0 fully saturated rings. The molecule has 1 rings (SSSR count). The minimum absolute atomic E-state index is 0.0118. The molecular weight excluding hydrogens is 184 g/mol. The van der Waals surface area contributed by atoms with Crippen LogP contribution in [0.1, 0.15) is 6.92 Å². The summed E-state index contributed by atoms with van der Waals surface area (Å²) in [5, 5.41) is 14.5. The zero-order chi connectivity index (χ0) is 10.2. The van der Waals surface area contributed by atoms with Crippen molar-refractivity contribution < 1.29 is 14.4 Å². The van der Waals surface area contributed by atoms with E-state index in [1.807, 2.05) is 13.0 Å². The van der Waals surface area contributed by atoms with E-state index in [9.17, 15) is 5.21 Å². The van der Waals surface area contributed by atoms with Crippen LogP contribution >= 0.6 is 0 Å². The monoisotopic (exact) mass is 196 g/mol. The normalized spacial score (nSPS) is 11.4. The van der Waals surface area contributed by atoms with E-state index in [0.29, 0.717) is 17.2 Å². The third-order valence-corrected chi connectivity index (χ3v) is 1.45. The zero-order valence-electron chi connectivity index (χ0n) is 7.92. The Hall–Kier alpha value is -1.62. The van der Waals surface area contributed by atoms with E-state index in [0.717, 1.165) is 0 Å². The fourth-order valence-electron chi connectivity index (χ4n) is 0.799. The van der Waals surface area contributed by atoms with Gasteiger partial charge in [0.15, 0.2) is 0 Å². The fraction of sp³-hybridized carbons (Fsp3) is 0.333. The molecule has 0 saturated carbocycles. The van der Waals surface area contributed by atoms with Crippen molar-refractivity contribution in [1.29, 1.82) is 0 Å². The standard InChI is InChI=1S/C9H12N2O3/c1-2-13-8-14-10-11(12)9-6-4-3-5-7-9/h3-7H,2,8H2,1H3/b11-10+. The van der Waals surface area contributed by atoms with E-state index >= 15 is 0 Å². The third-order valence-electron chi connectivity index (χ3n) is 1.45. The molecule has 5 nitrogen and oxygen atoms in total. The van der Waals surface area contributed by atoms with Gasteiger partial charge < -0.3 is 14.8 Å². The summed E-state index contributed by atoms with van der Waals surface area (Å²) in [5.41, 5.74) is 0.420. The Morgan fingerprint density at radius 1 is 1.36 bits per heavy atom. The molecule has 1 aromatic rings. The summed E-state index contributed by atoms with van der Waals surface area (Å²) in [7, 11) is 0. The number of benzene rings is 1. The van der Waals surface area contributed by atoms with Crippen LogP contribution < -0.4 is 0 Å². The number of ether oxygens (including phenoxy) is 1. The summed E-state index contributed by atoms with van der Waals surface area (Å²) < 4.78 is 4.84. The minimum Gasteiger partial charge on any atom is -0.592 e. The van der Waals surface area contributed by atoms with Crippen LogP contribution in [0, 0.1) is 5.21 Å². The predicted molar refractivity (Wildman–Crippen MR) is 49.7 cm³/mol. The van der Waals surface area contributed by atoms with Gasteiger partial charge in [0.25, 0.3) is 0 Å². The second-order valence-electron chi connectivity index (χ2n) is 2.43. The molecule has 0 aromatic heterocycles. The van der Waals surface area contributed by atoms with E-state index in [1.165, 1.54) is 0 Å². The van der Waals surface area contributed by atoms with Gasteiger partial charge in [0.05, 0.1) is 0 Å². The average molecular weight is 196 g/mol. The molecule has 0 N–H and O–H groups in total. The minimum atomic E-state index is -0.0118. The van der Waals surface area contributed by atoms with Gasteiger partial charge in [-0.15, -0.1) is 0 Å². The molecular formula is C9H12N2O3. The molecule has 0 saturated heterocycles. The second-order valence-corrected chi connectivity index (χ2v) is 2.43. The number of para-hydroxylation sites is 1. The molecule has 0 aliphatic rings. The van der Waals surface area contributed by atoms with E-state index < -0.39 is 0 Å². The van der Waals surface area contributed by atoms with Crippen LogP contribution in [-0.4, -0.2) is 18.3 Å². The van der Waals surface area contributed by atoms with Crippen molar-refractivity contribution in [1.82, 2.24) is 0 Å². The molecule has 0 amide bonds. The van der Waals surface area contributed by atoms with Crippen LogP contribution in [0.5, 0.6) is 0 Å². The molecule has 0 radical (unpaired) electrons. The lowest BCUT2D eigenvalue weighted by Crippen LogP contribution is -1.98. The van der Waals surface area contributed by atoms with Gasteiger partial charge in [-0.25, -0.2) is 0 Å². The van der Waals surface area contributed by atoms with Gasteiger partial charge in [-0.05, 0) is 11.8 Å². The fourth-order valence-corrected chi connectivity index (χ4v) is 0.799. The van der Waals surface area contributed by atoms with Crippen molar-refractivity contribution in [2.45, 2.75) is 6.92 Å². The Morgan fingerprint density at radius 3 is 2.71 bits per heavy atom. The summed E-state index contributed by atoms with van der Waals surface area (Å²) in [6, 6.07) is 8.59. The Morgan fingerprint density at radius 2 is 2.07 bits per heavy atom. The van der Waals surface area contributed by atoms with Crippen molar-refractivity contribution in [3.63, 3.8) is 0 Å². The lowest BCUT2D eigenvalue weighted by atomic mass is 10.3. The third kappa shape index (κ3) is 3.40. The van der Waals surface area contributed by atoms with Crippen molar-refractivity contribution in [2.75, 3.05) is 13.4 Å². The Kier molecular flexibility index (Phi) is 4.43. The molecule has 0 heterocycles. The first-order chi connectivity index (χ1) is 6.84. The predicted octanol–water partition coefficient (Wildman–Crippen LogP) is 2.21. The molecule has 5 heteroatoms. The van der Waals surface area contributed by atoms with Gasteiger partial charge in [0.1, 0.15) is 0 Å². The van der Waals surface area contributed by atoms with Gasteiger partial charge in [0.2, 0.25) is 17.8 Å². The topological polar surface area (TPSA) is 56.9 Å². The van der Waals surface area contributed by atoms with E-state index in [1.54, 1.807) is 24.3 Å². The van der Waals surface area contributed by atoms with Crippen LogP contribution in [0.4, 0.5) is 5.69 Å². The Labute approximate surface area is 82.1 Å². The van der Waals surface area contributed by atoms with Crippen molar-refractivity contribution in [2.24, 2.45) is 5.28 Å². The first-order valence-electron chi connectivity index (χ1n) is 4.27. The first-order valence-corrected chi connectivity index (χ1v) is 4.27. The van der Waals surface area contributed by atoms with Gasteiger partial charge in [-0.3, -0.25) is 0 Å². The van der Waals surface area contributed by atoms with Gasteiger partial charge in [-0.1, -0.05) is 18.2 Å².